The van der Waals surface area contributed by atoms with Crippen LogP contribution < -0.4 is 0 Å². The van der Waals surface area contributed by atoms with Gasteiger partial charge in [0.1, 0.15) is 0 Å². The molecule has 0 spiro atoms. The Labute approximate surface area is 81.7 Å². The molecule has 0 heterocycles. The first-order chi connectivity index (χ1) is 6.26. The zero-order chi connectivity index (χ0) is 10.1. The van der Waals surface area contributed by atoms with Crippen LogP contribution in [0.15, 0.2) is 30.3 Å². The zero-order valence-electron chi connectivity index (χ0n) is 8.41. The van der Waals surface area contributed by atoms with Crippen molar-refractivity contribution in [2.45, 2.75) is 13.1 Å². The number of carbonyl (C=O) groups is 1. The molecule has 13 heavy (non-hydrogen) atoms. The lowest BCUT2D eigenvalue weighted by Crippen LogP contribution is -1.99. The molecule has 0 atom stereocenters. The monoisotopic (exact) mass is 196 g/mol. The Kier molecular flexibility index (Phi) is 6.92. The summed E-state index contributed by atoms with van der Waals surface area (Å²) in [6.45, 7) is 4.53. The summed E-state index contributed by atoms with van der Waals surface area (Å²) < 4.78 is 4.50. The molecule has 0 fully saturated rings. The molecule has 0 aromatic heterocycles. The van der Waals surface area contributed by atoms with Crippen LogP contribution in [0.25, 0.3) is 0 Å². The quantitative estimate of drug-likeness (QED) is 0.505. The van der Waals surface area contributed by atoms with Crippen molar-refractivity contribution in [1.82, 2.24) is 0 Å². The number of carbonyl (C=O) groups excluding carboxylic acids is 1. The Morgan fingerprint density at radius 3 is 2.08 bits per heavy atom. The van der Waals surface area contributed by atoms with Crippen LogP contribution in [0.1, 0.15) is 10.4 Å². The average Bonchev–Trinajstić information content (AvgIpc) is 2.19. The fourth-order valence-electron chi connectivity index (χ4n) is 0.692. The highest BCUT2D eigenvalue weighted by atomic mass is 28.2. The Morgan fingerprint density at radius 2 is 1.69 bits per heavy atom. The minimum atomic E-state index is -0.291. The van der Waals surface area contributed by atoms with Crippen molar-refractivity contribution in [1.29, 1.82) is 0 Å². The molecule has 0 saturated carbocycles. The van der Waals surface area contributed by atoms with Crippen LogP contribution in [0, 0.1) is 0 Å². The van der Waals surface area contributed by atoms with Crippen molar-refractivity contribution < 1.29 is 9.53 Å². The largest absolute Gasteiger partial charge is 0.465 e. The van der Waals surface area contributed by atoms with Crippen molar-refractivity contribution in [3.63, 3.8) is 0 Å². The van der Waals surface area contributed by atoms with Gasteiger partial charge < -0.3 is 4.74 Å². The number of hydrogen-bond acceptors (Lipinski definition) is 2. The van der Waals surface area contributed by atoms with Crippen molar-refractivity contribution in [3.8, 4) is 0 Å². The van der Waals surface area contributed by atoms with E-state index in [-0.39, 0.29) is 5.97 Å². The average molecular weight is 196 g/mol. The number of methoxy groups -OCH3 is 1. The molecule has 3 heteroatoms. The van der Waals surface area contributed by atoms with Crippen LogP contribution in [0.4, 0.5) is 0 Å². The number of benzene rings is 1. The van der Waals surface area contributed by atoms with E-state index >= 15 is 0 Å². The van der Waals surface area contributed by atoms with E-state index in [0.29, 0.717) is 15.1 Å². The predicted molar refractivity (Wildman–Crippen MR) is 58.1 cm³/mol. The molecule has 0 bridgehead atoms. The number of rotatable bonds is 1. The maximum absolute atomic E-state index is 10.8. The van der Waals surface area contributed by atoms with Crippen molar-refractivity contribution in [3.05, 3.63) is 35.9 Å². The molecule has 0 unspecified atom stereocenters. The summed E-state index contributed by atoms with van der Waals surface area (Å²) in [7, 11) is 1.79. The third-order valence-corrected chi connectivity index (χ3v) is 1.19. The molecule has 0 aliphatic rings. The Hall–Kier alpha value is -1.09. The molecule has 2 nitrogen and oxygen atoms in total. The van der Waals surface area contributed by atoms with E-state index in [9.17, 15) is 4.79 Å². The minimum Gasteiger partial charge on any atom is -0.465 e. The van der Waals surface area contributed by atoms with Gasteiger partial charge in [0, 0.05) is 9.52 Å². The highest BCUT2D eigenvalue weighted by molar-refractivity contribution is 6.31. The van der Waals surface area contributed by atoms with Crippen LogP contribution >= 0.6 is 0 Å². The molecule has 0 saturated heterocycles. The second-order valence-corrected chi connectivity index (χ2v) is 3.98. The summed E-state index contributed by atoms with van der Waals surface area (Å²) >= 11 is 0. The van der Waals surface area contributed by atoms with Gasteiger partial charge in [0.05, 0.1) is 12.7 Å². The Morgan fingerprint density at radius 1 is 1.23 bits per heavy atom. The maximum Gasteiger partial charge on any atom is 0.337 e. The first-order valence-corrected chi connectivity index (χ1v) is 7.22. The van der Waals surface area contributed by atoms with Gasteiger partial charge in [0.25, 0.3) is 0 Å². The van der Waals surface area contributed by atoms with Crippen molar-refractivity contribution >= 4 is 15.5 Å². The van der Waals surface area contributed by atoms with Gasteiger partial charge in [-0.05, 0) is 12.1 Å². The van der Waals surface area contributed by atoms with Crippen LogP contribution in [0.5, 0.6) is 0 Å². The zero-order valence-corrected chi connectivity index (χ0v) is 9.82. The lowest BCUT2D eigenvalue weighted by Gasteiger charge is -1.95. The summed E-state index contributed by atoms with van der Waals surface area (Å²) in [5.74, 6) is -0.291. The second kappa shape index (κ2) is 7.55. The molecular weight excluding hydrogens is 180 g/mol. The van der Waals surface area contributed by atoms with Gasteiger partial charge in [-0.15, -0.1) is 0 Å². The Balaban J connectivity index is 0.000000424. The molecule has 72 valence electrons. The van der Waals surface area contributed by atoms with E-state index < -0.39 is 0 Å². The number of esters is 1. The van der Waals surface area contributed by atoms with Gasteiger partial charge in [-0.25, -0.2) is 4.79 Å². The normalized spacial score (nSPS) is 8.23. The predicted octanol–water partition coefficient (Wildman–Crippen LogP) is 1.72. The van der Waals surface area contributed by atoms with E-state index in [1.54, 1.807) is 24.3 Å². The topological polar surface area (TPSA) is 26.3 Å². The standard InChI is InChI=1S/C8H8O2.C2H8Si/c1-10-8(9)7-5-3-2-4-6-7;1-3-2/h2-6H,1H3;3H2,1-2H3. The third-order valence-electron chi connectivity index (χ3n) is 1.19. The van der Waals surface area contributed by atoms with Crippen molar-refractivity contribution in [2.75, 3.05) is 7.11 Å². The van der Waals surface area contributed by atoms with E-state index in [1.807, 2.05) is 6.07 Å². The van der Waals surface area contributed by atoms with Gasteiger partial charge in [-0.1, -0.05) is 31.3 Å². The van der Waals surface area contributed by atoms with E-state index in [1.165, 1.54) is 7.11 Å². The maximum atomic E-state index is 10.8. The van der Waals surface area contributed by atoms with E-state index in [2.05, 4.69) is 17.8 Å². The SMILES string of the molecule is COC(=O)c1ccccc1.C[SiH2]C. The summed E-state index contributed by atoms with van der Waals surface area (Å²) in [4.78, 5) is 10.8. The first-order valence-electron chi connectivity index (χ1n) is 4.39. The molecule has 0 radical (unpaired) electrons. The number of hydrogen-bond donors (Lipinski definition) is 0. The summed E-state index contributed by atoms with van der Waals surface area (Å²) in [6.07, 6.45) is 0. The summed E-state index contributed by atoms with van der Waals surface area (Å²) in [5.41, 5.74) is 0.588. The second-order valence-electron chi connectivity index (χ2n) is 2.56. The highest BCUT2D eigenvalue weighted by Gasteiger charge is 2.00. The van der Waals surface area contributed by atoms with Gasteiger partial charge in [0.15, 0.2) is 0 Å². The lowest BCUT2D eigenvalue weighted by atomic mass is 10.2. The molecular formula is C10H16O2Si. The van der Waals surface area contributed by atoms with Gasteiger partial charge in [0.2, 0.25) is 0 Å². The Bertz CT molecular complexity index is 234. The highest BCUT2D eigenvalue weighted by Crippen LogP contribution is 1.98. The van der Waals surface area contributed by atoms with Crippen molar-refractivity contribution in [2.24, 2.45) is 0 Å². The molecule has 1 rings (SSSR count). The van der Waals surface area contributed by atoms with Crippen LogP contribution in [0.3, 0.4) is 0 Å². The lowest BCUT2D eigenvalue weighted by molar-refractivity contribution is 0.0601. The van der Waals surface area contributed by atoms with Gasteiger partial charge >= 0.3 is 5.97 Å². The smallest absolute Gasteiger partial charge is 0.337 e. The summed E-state index contributed by atoms with van der Waals surface area (Å²) in [6, 6.07) is 8.88. The summed E-state index contributed by atoms with van der Waals surface area (Å²) in [5, 5.41) is 0. The fraction of sp³-hybridized carbons (Fsp3) is 0.300. The first kappa shape index (κ1) is 11.9. The van der Waals surface area contributed by atoms with Gasteiger partial charge in [-0.2, -0.15) is 0 Å². The molecule has 0 N–H and O–H groups in total. The fourth-order valence-corrected chi connectivity index (χ4v) is 0.692. The molecule has 1 aromatic rings. The molecule has 0 aliphatic carbocycles. The molecule has 0 aliphatic heterocycles. The number of ether oxygens (including phenoxy) is 1. The minimum absolute atomic E-state index is 0.291. The van der Waals surface area contributed by atoms with E-state index in [4.69, 9.17) is 0 Å². The van der Waals surface area contributed by atoms with Crippen LogP contribution in [0.2, 0.25) is 13.1 Å². The van der Waals surface area contributed by atoms with Crippen LogP contribution in [-0.2, 0) is 4.74 Å². The third kappa shape index (κ3) is 5.19. The van der Waals surface area contributed by atoms with Crippen LogP contribution in [-0.4, -0.2) is 22.6 Å². The molecule has 0 amide bonds. The van der Waals surface area contributed by atoms with E-state index in [0.717, 1.165) is 0 Å². The van der Waals surface area contributed by atoms with Gasteiger partial charge in [-0.3, -0.25) is 0 Å². The molecule has 1 aromatic carbocycles.